The summed E-state index contributed by atoms with van der Waals surface area (Å²) in [7, 11) is 3.50. The molecule has 0 saturated heterocycles. The Morgan fingerprint density at radius 3 is 2.60 bits per heavy atom. The Kier molecular flexibility index (Phi) is 6.71. The number of aromatic nitrogens is 1. The Hall–Kier alpha value is -2.67. The third kappa shape index (κ3) is 5.42. The van der Waals surface area contributed by atoms with E-state index >= 15 is 0 Å². The molecule has 0 radical (unpaired) electrons. The summed E-state index contributed by atoms with van der Waals surface area (Å²) in [4.78, 5) is 25.9. The maximum Gasteiger partial charge on any atom is 0.274 e. The molecule has 0 fully saturated rings. The Bertz CT molecular complexity index is 699. The first-order valence-corrected chi connectivity index (χ1v) is 8.24. The Labute approximate surface area is 147 Å². The highest BCUT2D eigenvalue weighted by molar-refractivity contribution is 5.95. The first-order valence-electron chi connectivity index (χ1n) is 8.24. The minimum Gasteiger partial charge on any atom is -0.359 e. The molecule has 1 atom stereocenters. The first-order chi connectivity index (χ1) is 12.0. The van der Waals surface area contributed by atoms with Crippen molar-refractivity contribution in [1.29, 1.82) is 0 Å². The Balaban J connectivity index is 1.92. The lowest BCUT2D eigenvalue weighted by Crippen LogP contribution is -2.45. The summed E-state index contributed by atoms with van der Waals surface area (Å²) < 4.78 is 5.24. The van der Waals surface area contributed by atoms with E-state index in [2.05, 4.69) is 32.8 Å². The lowest BCUT2D eigenvalue weighted by atomic mass is 10.2. The quantitative estimate of drug-likeness (QED) is 0.759. The van der Waals surface area contributed by atoms with E-state index in [1.54, 1.807) is 6.07 Å². The van der Waals surface area contributed by atoms with Crippen molar-refractivity contribution in [2.75, 3.05) is 14.1 Å². The highest BCUT2D eigenvalue weighted by Gasteiger charge is 2.21. The van der Waals surface area contributed by atoms with Gasteiger partial charge in [0.25, 0.3) is 5.91 Å². The van der Waals surface area contributed by atoms with E-state index in [9.17, 15) is 9.59 Å². The standard InChI is InChI=1S/C18H24N4O3/c1-4-15(17(23)19-2)20-18(24)16-10-14(25-21-16)12-22(3)11-13-8-6-5-7-9-13/h5-10,15H,4,11-12H2,1-3H3,(H,19,23)(H,20,24)/t15-/m0/s1. The van der Waals surface area contributed by atoms with E-state index in [1.165, 1.54) is 12.6 Å². The molecule has 1 aromatic heterocycles. The molecule has 2 rings (SSSR count). The molecule has 2 aromatic rings. The van der Waals surface area contributed by atoms with Gasteiger partial charge in [-0.25, -0.2) is 0 Å². The van der Waals surface area contributed by atoms with Crippen molar-refractivity contribution < 1.29 is 14.1 Å². The molecule has 0 bridgehead atoms. The van der Waals surface area contributed by atoms with Gasteiger partial charge in [-0.3, -0.25) is 14.5 Å². The number of amides is 2. The number of nitrogens with one attached hydrogen (secondary N) is 2. The van der Waals surface area contributed by atoms with Crippen molar-refractivity contribution in [1.82, 2.24) is 20.7 Å². The summed E-state index contributed by atoms with van der Waals surface area (Å²) in [6.07, 6.45) is 0.496. The van der Waals surface area contributed by atoms with E-state index in [-0.39, 0.29) is 11.6 Å². The molecule has 2 amide bonds. The smallest absolute Gasteiger partial charge is 0.274 e. The predicted molar refractivity (Wildman–Crippen MR) is 93.7 cm³/mol. The molecule has 1 aromatic carbocycles. The zero-order valence-corrected chi connectivity index (χ0v) is 14.8. The normalized spacial score (nSPS) is 12.0. The summed E-state index contributed by atoms with van der Waals surface area (Å²) in [5.41, 5.74) is 1.37. The van der Waals surface area contributed by atoms with Crippen LogP contribution in [0.1, 0.15) is 35.2 Å². The number of carbonyl (C=O) groups excluding carboxylic acids is 2. The molecule has 0 aliphatic carbocycles. The second-order valence-corrected chi connectivity index (χ2v) is 5.88. The third-order valence-corrected chi connectivity index (χ3v) is 3.79. The van der Waals surface area contributed by atoms with Crippen LogP contribution < -0.4 is 10.6 Å². The summed E-state index contributed by atoms with van der Waals surface area (Å²) in [5.74, 6) is -0.0603. The molecule has 7 heteroatoms. The molecular weight excluding hydrogens is 320 g/mol. The average Bonchev–Trinajstić information content (AvgIpc) is 3.08. The highest BCUT2D eigenvalue weighted by atomic mass is 16.5. The van der Waals surface area contributed by atoms with Gasteiger partial charge in [0.2, 0.25) is 5.91 Å². The zero-order chi connectivity index (χ0) is 18.2. The van der Waals surface area contributed by atoms with Crippen LogP contribution in [0.4, 0.5) is 0 Å². The van der Waals surface area contributed by atoms with Gasteiger partial charge in [0.15, 0.2) is 11.5 Å². The number of rotatable bonds is 8. The largest absolute Gasteiger partial charge is 0.359 e. The molecule has 2 N–H and O–H groups in total. The summed E-state index contributed by atoms with van der Waals surface area (Å²) in [6.45, 7) is 3.12. The fourth-order valence-electron chi connectivity index (χ4n) is 2.47. The van der Waals surface area contributed by atoms with Crippen molar-refractivity contribution in [2.45, 2.75) is 32.5 Å². The second kappa shape index (κ2) is 8.98. The topological polar surface area (TPSA) is 87.5 Å². The molecule has 25 heavy (non-hydrogen) atoms. The van der Waals surface area contributed by atoms with Crippen LogP contribution in [-0.2, 0) is 17.9 Å². The summed E-state index contributed by atoms with van der Waals surface area (Å²) in [5, 5.41) is 8.98. The number of benzene rings is 1. The van der Waals surface area contributed by atoms with Crippen LogP contribution in [0.25, 0.3) is 0 Å². The lowest BCUT2D eigenvalue weighted by molar-refractivity contribution is -0.122. The molecule has 0 aliphatic rings. The maximum absolute atomic E-state index is 12.2. The van der Waals surface area contributed by atoms with E-state index in [0.717, 1.165) is 6.54 Å². The highest BCUT2D eigenvalue weighted by Crippen LogP contribution is 2.10. The van der Waals surface area contributed by atoms with Gasteiger partial charge in [0.05, 0.1) is 6.54 Å². The van der Waals surface area contributed by atoms with Crippen LogP contribution in [0.3, 0.4) is 0 Å². The van der Waals surface area contributed by atoms with Crippen molar-refractivity contribution >= 4 is 11.8 Å². The van der Waals surface area contributed by atoms with Gasteiger partial charge < -0.3 is 15.2 Å². The third-order valence-electron chi connectivity index (χ3n) is 3.79. The van der Waals surface area contributed by atoms with Crippen LogP contribution in [0, 0.1) is 0 Å². The minimum absolute atomic E-state index is 0.172. The van der Waals surface area contributed by atoms with Gasteiger partial charge in [-0.05, 0) is 19.0 Å². The van der Waals surface area contributed by atoms with Gasteiger partial charge in [0, 0.05) is 19.7 Å². The average molecular weight is 344 g/mol. The van der Waals surface area contributed by atoms with Gasteiger partial charge in [-0.15, -0.1) is 0 Å². The molecule has 134 valence electrons. The van der Waals surface area contributed by atoms with Crippen LogP contribution in [-0.4, -0.2) is 42.0 Å². The molecular formula is C18H24N4O3. The fraction of sp³-hybridized carbons (Fsp3) is 0.389. The van der Waals surface area contributed by atoms with Crippen molar-refractivity contribution in [3.05, 3.63) is 53.4 Å². The van der Waals surface area contributed by atoms with E-state index in [0.29, 0.717) is 18.7 Å². The monoisotopic (exact) mass is 344 g/mol. The molecule has 0 saturated carbocycles. The van der Waals surface area contributed by atoms with Gasteiger partial charge in [-0.2, -0.15) is 0 Å². The SMILES string of the molecule is CC[C@H](NC(=O)c1cc(CN(C)Cc2ccccc2)on1)C(=O)NC. The molecule has 1 heterocycles. The van der Waals surface area contributed by atoms with Crippen LogP contribution in [0.15, 0.2) is 40.9 Å². The Morgan fingerprint density at radius 2 is 1.96 bits per heavy atom. The molecule has 0 aliphatic heterocycles. The lowest BCUT2D eigenvalue weighted by Gasteiger charge is -2.14. The number of nitrogens with zero attached hydrogens (tertiary/aromatic N) is 2. The number of hydrogen-bond donors (Lipinski definition) is 2. The molecule has 0 unspecified atom stereocenters. The number of carbonyl (C=O) groups is 2. The molecule has 7 nitrogen and oxygen atoms in total. The number of likely N-dealkylation sites (N-methyl/N-ethyl adjacent to an activating group) is 1. The zero-order valence-electron chi connectivity index (χ0n) is 14.8. The fourth-order valence-corrected chi connectivity index (χ4v) is 2.47. The maximum atomic E-state index is 12.2. The van der Waals surface area contributed by atoms with E-state index in [1.807, 2.05) is 32.2 Å². The predicted octanol–water partition coefficient (Wildman–Crippen LogP) is 1.56. The van der Waals surface area contributed by atoms with Crippen molar-refractivity contribution in [3.8, 4) is 0 Å². The number of hydrogen-bond acceptors (Lipinski definition) is 5. The Morgan fingerprint density at radius 1 is 1.24 bits per heavy atom. The summed E-state index contributed by atoms with van der Waals surface area (Å²) >= 11 is 0. The van der Waals surface area contributed by atoms with Gasteiger partial charge in [0.1, 0.15) is 6.04 Å². The van der Waals surface area contributed by atoms with Crippen LogP contribution in [0.2, 0.25) is 0 Å². The van der Waals surface area contributed by atoms with Gasteiger partial charge in [-0.1, -0.05) is 42.4 Å². The molecule has 0 spiro atoms. The van der Waals surface area contributed by atoms with E-state index in [4.69, 9.17) is 4.52 Å². The van der Waals surface area contributed by atoms with Crippen molar-refractivity contribution in [3.63, 3.8) is 0 Å². The van der Waals surface area contributed by atoms with E-state index < -0.39 is 11.9 Å². The van der Waals surface area contributed by atoms with Gasteiger partial charge >= 0.3 is 0 Å². The second-order valence-electron chi connectivity index (χ2n) is 5.88. The first kappa shape index (κ1) is 18.7. The van der Waals surface area contributed by atoms with Crippen molar-refractivity contribution in [2.24, 2.45) is 0 Å². The minimum atomic E-state index is -0.585. The van der Waals surface area contributed by atoms with Crippen LogP contribution in [0.5, 0.6) is 0 Å². The van der Waals surface area contributed by atoms with Crippen LogP contribution >= 0.6 is 0 Å². The summed E-state index contributed by atoms with van der Waals surface area (Å²) in [6, 6.07) is 11.1.